The van der Waals surface area contributed by atoms with Crippen LogP contribution in [0.4, 0.5) is 22.7 Å². The summed E-state index contributed by atoms with van der Waals surface area (Å²) in [7, 11) is 0. The molecule has 0 aliphatic carbocycles. The van der Waals surface area contributed by atoms with E-state index < -0.39 is 29.0 Å². The molecule has 5 nitrogen and oxygen atoms in total. The van der Waals surface area contributed by atoms with E-state index in [0.717, 1.165) is 38.9 Å². The van der Waals surface area contributed by atoms with Gasteiger partial charge in [-0.1, -0.05) is 165 Å². The first-order chi connectivity index (χ1) is 34.5. The van der Waals surface area contributed by atoms with Crippen molar-refractivity contribution in [3.8, 4) is 39.6 Å². The number of benzene rings is 7. The average Bonchev–Trinajstić information content (AvgIpc) is 3.88. The minimum Gasteiger partial charge on any atom is -0.509 e. The first-order valence-corrected chi connectivity index (χ1v) is 22.0. The molecule has 0 saturated heterocycles. The topological polar surface area (TPSA) is 33.5 Å². The fourth-order valence-corrected chi connectivity index (χ4v) is 8.36. The van der Waals surface area contributed by atoms with Crippen LogP contribution >= 0.6 is 0 Å². The Hall–Kier alpha value is -6.42. The summed E-state index contributed by atoms with van der Waals surface area (Å²) in [5.74, 6) is 1.67. The molecule has 10 rings (SSSR count). The van der Waals surface area contributed by atoms with Crippen molar-refractivity contribution in [3.05, 3.63) is 199 Å². The number of nitrogens with zero attached hydrogens (tertiary/aromatic N) is 4. The Kier molecular flexibility index (Phi) is 9.27. The molecule has 0 bridgehead atoms. The van der Waals surface area contributed by atoms with Crippen molar-refractivity contribution in [3.63, 3.8) is 0 Å². The molecule has 334 valence electrons. The van der Waals surface area contributed by atoms with Crippen LogP contribution in [-0.2, 0) is 37.3 Å². The third-order valence-corrected chi connectivity index (χ3v) is 11.8. The van der Waals surface area contributed by atoms with Gasteiger partial charge < -0.3 is 19.1 Å². The second-order valence-corrected chi connectivity index (χ2v) is 19.6. The second-order valence-electron chi connectivity index (χ2n) is 19.6. The Bertz CT molecular complexity index is 3650. The number of fused-ring (bicyclic) bond motifs is 4. The van der Waals surface area contributed by atoms with Gasteiger partial charge in [-0.15, -0.1) is 48.1 Å². The van der Waals surface area contributed by atoms with E-state index in [2.05, 4.69) is 61.7 Å². The van der Waals surface area contributed by atoms with Crippen molar-refractivity contribution in [2.45, 2.75) is 78.6 Å². The number of anilines is 4. The van der Waals surface area contributed by atoms with E-state index >= 15 is 0 Å². The summed E-state index contributed by atoms with van der Waals surface area (Å²) in [5, 5.41) is 2.07. The molecule has 0 radical (unpaired) electrons. The van der Waals surface area contributed by atoms with E-state index in [9.17, 15) is 6.85 Å². The Balaban J connectivity index is 0.00000672. The predicted molar refractivity (Wildman–Crippen MR) is 271 cm³/mol. The molecule has 9 aromatic rings. The molecule has 0 N–H and O–H groups in total. The number of ether oxygens (including phenoxy) is 1. The fraction of sp³-hybridized carbons (Fsp3) is 0.200. The molecule has 0 spiro atoms. The Morgan fingerprint density at radius 2 is 1.20 bits per heavy atom. The van der Waals surface area contributed by atoms with Gasteiger partial charge >= 0.3 is 0 Å². The van der Waals surface area contributed by atoms with Gasteiger partial charge in [0.15, 0.2) is 0 Å². The molecular formula is C60H55N4OPt-3. The van der Waals surface area contributed by atoms with E-state index in [4.69, 9.17) is 13.8 Å². The number of para-hydroxylation sites is 4. The molecule has 66 heavy (non-hydrogen) atoms. The summed E-state index contributed by atoms with van der Waals surface area (Å²) >= 11 is 0. The largest absolute Gasteiger partial charge is 0.509 e. The van der Waals surface area contributed by atoms with Crippen LogP contribution in [0.5, 0.6) is 11.5 Å². The van der Waals surface area contributed by atoms with Crippen LogP contribution in [0.1, 0.15) is 90.0 Å². The molecule has 1 aliphatic heterocycles. The minimum atomic E-state index is -0.662. The van der Waals surface area contributed by atoms with Crippen molar-refractivity contribution in [2.75, 3.05) is 9.80 Å². The maximum absolute atomic E-state index is 9.88. The zero-order chi connectivity index (χ0) is 52.2. The van der Waals surface area contributed by atoms with E-state index in [0.29, 0.717) is 50.8 Å². The van der Waals surface area contributed by atoms with Gasteiger partial charge in [0.2, 0.25) is 0 Å². The van der Waals surface area contributed by atoms with Gasteiger partial charge in [-0.25, -0.2) is 4.98 Å². The number of rotatable bonds is 7. The van der Waals surface area contributed by atoms with Gasteiger partial charge in [-0.2, -0.15) is 12.1 Å². The molecule has 2 aromatic heterocycles. The summed E-state index contributed by atoms with van der Waals surface area (Å²) in [4.78, 5) is 8.67. The molecule has 0 atom stereocenters. The Morgan fingerprint density at radius 3 is 1.89 bits per heavy atom. The molecule has 1 aliphatic rings. The molecular weight excluding hydrogens is 988 g/mol. The standard InChI is InChI=1S/C60H55N4O.Pt/c1-58(2,3)42-31-32-61-56(36-42)64-52-26-14-13-23-50(52)51-30-29-47(38-55(51)64)65-46-22-17-21-45(37-46)62-39-63(54-28-16-15-27-53(54)62)57-48(40-19-11-10-12-20-40)24-18-25-49(57)41-33-43(59(4,5)6)35-44(34-41)60(7,8)9;/h10-36,39H,1-9H3;/q-3;/i10D,11D,12D,19D,20D,33D,34D,35D;. The van der Waals surface area contributed by atoms with Crippen LogP contribution in [0, 0.1) is 18.8 Å². The quantitative estimate of drug-likeness (QED) is 0.149. The third-order valence-electron chi connectivity index (χ3n) is 11.8. The van der Waals surface area contributed by atoms with Gasteiger partial charge in [0.25, 0.3) is 0 Å². The van der Waals surface area contributed by atoms with Gasteiger partial charge in [0.1, 0.15) is 5.82 Å². The minimum absolute atomic E-state index is 0. The fourth-order valence-electron chi connectivity index (χ4n) is 8.36. The van der Waals surface area contributed by atoms with Crippen LogP contribution < -0.4 is 14.5 Å². The van der Waals surface area contributed by atoms with E-state index in [1.54, 1.807) is 12.1 Å². The molecule has 6 heteroatoms. The zero-order valence-electron chi connectivity index (χ0n) is 46.6. The molecule has 0 unspecified atom stereocenters. The first-order valence-electron chi connectivity index (χ1n) is 26.0. The zero-order valence-corrected chi connectivity index (χ0v) is 40.8. The van der Waals surface area contributed by atoms with Crippen LogP contribution in [0.25, 0.3) is 49.9 Å². The van der Waals surface area contributed by atoms with Crippen molar-refractivity contribution in [2.24, 2.45) is 0 Å². The van der Waals surface area contributed by atoms with Crippen molar-refractivity contribution < 1.29 is 36.8 Å². The summed E-state index contributed by atoms with van der Waals surface area (Å²) < 4.78 is 82.3. The first kappa shape index (κ1) is 35.8. The van der Waals surface area contributed by atoms with E-state index in [1.807, 2.05) is 137 Å². The van der Waals surface area contributed by atoms with Crippen LogP contribution in [0.3, 0.4) is 0 Å². The smallest absolute Gasteiger partial charge is 0.135 e. The second kappa shape index (κ2) is 17.1. The monoisotopic (exact) mass is 1050 g/mol. The molecule has 0 amide bonds. The maximum atomic E-state index is 9.88. The predicted octanol–water partition coefficient (Wildman–Crippen LogP) is 16.2. The SMILES string of the molecule is [2H]c1c([2H])c([2H])c(-c2cccc(-c3c([2H])c(C(C)(C)C)c([2H])c(C(C)(C)C)c3[2H])c2N2[CH-]N(c3[c-]c(Oc4[c-]c5c(cc4)c4ccccc4n5-c4cc(C(C)(C)C)ccn4)ccc3)c3ccccc32)c([2H])c1[2H].[Pt]. The Morgan fingerprint density at radius 1 is 0.576 bits per heavy atom. The number of hydrogen-bond donors (Lipinski definition) is 0. The normalized spacial score (nSPS) is 14.7. The number of pyridine rings is 1. The summed E-state index contributed by atoms with van der Waals surface area (Å²) in [5.41, 5.74) is 5.90. The number of aromatic nitrogens is 2. The van der Waals surface area contributed by atoms with Gasteiger partial charge in [0, 0.05) is 72.5 Å². The Labute approximate surface area is 416 Å². The van der Waals surface area contributed by atoms with Crippen LogP contribution in [0.15, 0.2) is 164 Å². The number of hydrogen-bond acceptors (Lipinski definition) is 4. The van der Waals surface area contributed by atoms with Crippen LogP contribution in [0.2, 0.25) is 0 Å². The molecule has 7 aromatic carbocycles. The molecule has 0 saturated carbocycles. The molecule has 3 heterocycles. The van der Waals surface area contributed by atoms with Gasteiger partial charge in [0.05, 0.1) is 11.0 Å². The van der Waals surface area contributed by atoms with E-state index in [-0.39, 0.29) is 67.8 Å². The summed E-state index contributed by atoms with van der Waals surface area (Å²) in [6, 6.07) is 39.9. The molecule has 0 fully saturated rings. The van der Waals surface area contributed by atoms with Crippen molar-refractivity contribution in [1.82, 2.24) is 9.55 Å². The maximum Gasteiger partial charge on any atom is 0.135 e. The summed E-state index contributed by atoms with van der Waals surface area (Å²) in [6.45, 7) is 20.2. The van der Waals surface area contributed by atoms with Crippen molar-refractivity contribution >= 4 is 44.6 Å². The van der Waals surface area contributed by atoms with Crippen molar-refractivity contribution in [1.29, 1.82) is 0 Å². The third kappa shape index (κ3) is 8.35. The van der Waals surface area contributed by atoms with Crippen LogP contribution in [-0.4, -0.2) is 9.55 Å². The van der Waals surface area contributed by atoms with Gasteiger partial charge in [-0.05, 0) is 79.8 Å². The summed E-state index contributed by atoms with van der Waals surface area (Å²) in [6.07, 6.45) is 1.85. The van der Waals surface area contributed by atoms with Gasteiger partial charge in [-0.3, -0.25) is 0 Å². The average molecular weight is 1050 g/mol. The van der Waals surface area contributed by atoms with E-state index in [1.165, 1.54) is 0 Å².